The normalized spacial score (nSPS) is 12.4. The summed E-state index contributed by atoms with van der Waals surface area (Å²) < 4.78 is 34.8. The predicted molar refractivity (Wildman–Crippen MR) is 521 cm³/mol. The molecule has 748 valence electrons. The summed E-state index contributed by atoms with van der Waals surface area (Å²) in [6.07, 6.45) is 21.3. The number of unbranched alkanes of at least 4 members (excludes halogenated alkanes) is 9. The summed E-state index contributed by atoms with van der Waals surface area (Å²) in [5.41, 5.74) is 15.8. The molecule has 0 amide bonds. The second-order valence-electron chi connectivity index (χ2n) is 40.4. The SMILES string of the molecule is C=C(O)[C@@H](N)CCCCNC(C)(C)C.CC(C)(C)C(=O)c1cc(O)c(O)c(O)c1.CC(C)(C)OC(=O)C(N)CCC(=O)O.CC(C)(C)OC(=O)CCCc1ccccc1.CC(C)(C)OC(=O)[C@@H](N)Cc1ccc(O)cc1.CC(S)C(=O)CCC(=O)OC(C)(C)C.CCCCCCCC(=O)C(C)(C)C.CCCCCCCC(=O)OC(C)(C)C.COC(=O)/C=C/C(=O)OC(C)(C)C. The molecule has 28 nitrogen and oxygen atoms in total. The number of carboxylic acids is 1. The Hall–Kier alpha value is -8.90. The fraction of sp³-hybridized carbons (Fsp3) is 0.673. The van der Waals surface area contributed by atoms with Crippen LogP contribution < -0.4 is 22.5 Å². The zero-order chi connectivity index (χ0) is 103. The number of nitrogens with two attached hydrogens (primary N) is 3. The molecule has 2 unspecified atom stereocenters. The molecule has 0 saturated carbocycles. The molecule has 0 radical (unpaired) electrons. The molecule has 3 rings (SSSR count). The maximum absolute atomic E-state index is 11.8. The first-order chi connectivity index (χ1) is 59.0. The van der Waals surface area contributed by atoms with E-state index in [2.05, 4.69) is 76.0 Å². The minimum absolute atomic E-state index is 0.0285. The van der Waals surface area contributed by atoms with E-state index in [0.717, 1.165) is 94.2 Å². The first-order valence-corrected chi connectivity index (χ1v) is 45.6. The Balaban J connectivity index is -0.000000333. The zero-order valence-corrected chi connectivity index (χ0v) is 86.1. The van der Waals surface area contributed by atoms with Crippen LogP contribution in [0.2, 0.25) is 0 Å². The molecule has 0 aromatic heterocycles. The molecule has 0 saturated heterocycles. The standard InChI is InChI=1S/C14H20O2.C13H19NO3.C12H24O2.C12H24O.C11H24N2O.C11H14O4.C10H18O3S.C9H17NO4.C9H14O4/c1-14(2,3)16-13(15)11-7-10-12-8-5-4-6-9-12;1-13(2,3)17-12(16)11(14)8-9-4-6-10(15)7-5-9;1-5-6-7-8-9-10-11(13)14-12(2,3)4;1-5-6-7-8-9-10-11(13)12(2,3)4;1-9(14)10(12)7-5-6-8-13-11(2,3)4;1-11(2,3)10(15)6-4-7(12)9(14)8(13)5-6;1-7(14)8(11)5-6-9(12)13-10(2,3)4;1-9(2,3)14-8(13)6(10)4-5-7(11)12;1-9(2,3)13-8(11)6-5-7(10)12-4/h4-6,8-9H,7,10-11H2,1-3H3;4-7,11,15H,8,14H2,1-3H3;5-10H2,1-4H3;5-10H2,1-4H3;10,13-14H,1,5-8,12H2,2-4H3;4-5,12-14H,1-3H3;7,14H,5-6H2,1-4H3;6H,4-5,10H2,1-3H3,(H,11,12);5-6H,1-4H3/b;;;;;;;;6-5+/t;11-;;;10-;;;;/m.0..0..../s1. The van der Waals surface area contributed by atoms with Gasteiger partial charge in [-0.05, 0) is 246 Å². The molecule has 0 heterocycles. The van der Waals surface area contributed by atoms with Crippen molar-refractivity contribution in [2.75, 3.05) is 13.7 Å². The number of aliphatic hydroxyl groups is 1. The van der Waals surface area contributed by atoms with Crippen LogP contribution in [0.15, 0.2) is 91.2 Å². The summed E-state index contributed by atoms with van der Waals surface area (Å²) in [5.74, 6) is -4.73. The number of carbonyl (C=O) groups excluding carboxylic acids is 10. The first kappa shape index (κ1) is 132. The molecule has 3 aromatic carbocycles. The molecule has 29 heteroatoms. The van der Waals surface area contributed by atoms with Gasteiger partial charge in [-0.15, -0.1) is 0 Å². The molecule has 13 N–H and O–H groups in total. The van der Waals surface area contributed by atoms with E-state index in [1.54, 1.807) is 135 Å². The number of benzene rings is 3. The van der Waals surface area contributed by atoms with Crippen LogP contribution in [0, 0.1) is 10.8 Å². The molecule has 0 aliphatic heterocycles. The quantitative estimate of drug-likeness (QED) is 0.00376. The largest absolute Gasteiger partial charge is 0.511 e. The van der Waals surface area contributed by atoms with Gasteiger partial charge in [-0.25, -0.2) is 9.59 Å². The van der Waals surface area contributed by atoms with Crippen LogP contribution in [0.25, 0.3) is 0 Å². The fourth-order valence-electron chi connectivity index (χ4n) is 9.78. The van der Waals surface area contributed by atoms with Gasteiger partial charge in [0, 0.05) is 66.2 Å². The van der Waals surface area contributed by atoms with E-state index in [9.17, 15) is 63.0 Å². The van der Waals surface area contributed by atoms with Crippen molar-refractivity contribution in [3.8, 4) is 23.0 Å². The molecule has 130 heavy (non-hydrogen) atoms. The number of aliphatic hydroxyl groups excluding tert-OH is 1. The van der Waals surface area contributed by atoms with E-state index in [0.29, 0.717) is 25.0 Å². The van der Waals surface area contributed by atoms with Crippen molar-refractivity contribution in [1.29, 1.82) is 0 Å². The van der Waals surface area contributed by atoms with E-state index in [-0.39, 0.29) is 106 Å². The van der Waals surface area contributed by atoms with Crippen LogP contribution in [-0.4, -0.2) is 172 Å². The Labute approximate surface area is 786 Å². The lowest BCUT2D eigenvalue weighted by atomic mass is 9.86. The van der Waals surface area contributed by atoms with Gasteiger partial charge >= 0.3 is 47.8 Å². The molecule has 0 fully saturated rings. The minimum Gasteiger partial charge on any atom is -0.511 e. The second-order valence-corrected chi connectivity index (χ2v) is 41.2. The molecule has 0 aliphatic carbocycles. The second kappa shape index (κ2) is 67.3. The Bertz CT molecular complexity index is 3730. The van der Waals surface area contributed by atoms with Crippen molar-refractivity contribution in [2.24, 2.45) is 28.0 Å². The van der Waals surface area contributed by atoms with Gasteiger partial charge < -0.3 is 86.3 Å². The molecular formula is C101H174N4O24S. The Morgan fingerprint density at radius 2 is 0.838 bits per heavy atom. The highest BCUT2D eigenvalue weighted by atomic mass is 32.1. The van der Waals surface area contributed by atoms with Crippen LogP contribution in [0.5, 0.6) is 23.0 Å². The molecule has 0 aliphatic rings. The van der Waals surface area contributed by atoms with Crippen LogP contribution in [0.3, 0.4) is 0 Å². The number of Topliss-reactive ketones (excluding diaryl/α,β-unsaturated/α-hetero) is 3. The van der Waals surface area contributed by atoms with E-state index < -0.39 is 87.0 Å². The number of hydrogen-bond donors (Lipinski definition) is 11. The summed E-state index contributed by atoms with van der Waals surface area (Å²) in [6, 6.07) is 17.3. The Morgan fingerprint density at radius 1 is 0.438 bits per heavy atom. The number of phenolic OH excluding ortho intramolecular Hbond substituents is 4. The van der Waals surface area contributed by atoms with Crippen molar-refractivity contribution < 1.29 is 117 Å². The number of phenols is 4. The summed E-state index contributed by atoms with van der Waals surface area (Å²) >= 11 is 3.98. The highest BCUT2D eigenvalue weighted by Gasteiger charge is 2.28. The number of methoxy groups -OCH3 is 1. The van der Waals surface area contributed by atoms with Gasteiger partial charge in [-0.3, -0.25) is 43.2 Å². The highest BCUT2D eigenvalue weighted by Crippen LogP contribution is 2.37. The molecule has 0 bridgehead atoms. The topological polar surface area (TPSA) is 464 Å². The maximum atomic E-state index is 11.8. The van der Waals surface area contributed by atoms with Gasteiger partial charge in [0.2, 0.25) is 0 Å². The van der Waals surface area contributed by atoms with Crippen molar-refractivity contribution >= 4 is 77.7 Å². The first-order valence-electron chi connectivity index (χ1n) is 45.1. The van der Waals surface area contributed by atoms with Crippen LogP contribution in [0.1, 0.15) is 364 Å². The van der Waals surface area contributed by atoms with E-state index in [4.69, 9.17) is 66.0 Å². The van der Waals surface area contributed by atoms with Gasteiger partial charge in [0.05, 0.1) is 24.8 Å². The lowest BCUT2D eigenvalue weighted by Crippen LogP contribution is -2.38. The van der Waals surface area contributed by atoms with Gasteiger partial charge in [0.15, 0.2) is 23.0 Å². The van der Waals surface area contributed by atoms with E-state index in [1.807, 2.05) is 80.5 Å². The summed E-state index contributed by atoms with van der Waals surface area (Å²) in [4.78, 5) is 123. The van der Waals surface area contributed by atoms with Crippen molar-refractivity contribution in [2.45, 2.75) is 418 Å². The van der Waals surface area contributed by atoms with Crippen LogP contribution in [-0.2, 0) is 93.9 Å². The summed E-state index contributed by atoms with van der Waals surface area (Å²) in [6.45, 7) is 60.8. The monoisotopic (exact) mass is 1860 g/mol. The van der Waals surface area contributed by atoms with Crippen molar-refractivity contribution in [3.63, 3.8) is 0 Å². The fourth-order valence-corrected chi connectivity index (χ4v) is 9.91. The van der Waals surface area contributed by atoms with Crippen LogP contribution in [0.4, 0.5) is 0 Å². The third kappa shape index (κ3) is 88.4. The number of aliphatic carboxylic acids is 1. The molecular weight excluding hydrogens is 1690 g/mol. The summed E-state index contributed by atoms with van der Waals surface area (Å²) in [5, 5.41) is 57.1. The lowest BCUT2D eigenvalue weighted by molar-refractivity contribution is -0.157. The zero-order valence-electron chi connectivity index (χ0n) is 85.2. The average Bonchev–Trinajstić information content (AvgIpc) is 0.818. The predicted octanol–water partition coefficient (Wildman–Crippen LogP) is 20.2. The third-order valence-corrected chi connectivity index (χ3v) is 16.6. The van der Waals surface area contributed by atoms with Crippen molar-refractivity contribution in [3.05, 3.63) is 108 Å². The number of thiol groups is 1. The Kier molecular flexibility index (Phi) is 68.3. The number of ether oxygens (including phenoxy) is 7. The number of rotatable bonds is 36. The smallest absolute Gasteiger partial charge is 0.331 e. The lowest BCUT2D eigenvalue weighted by Gasteiger charge is -2.22. The van der Waals surface area contributed by atoms with Crippen molar-refractivity contribution in [1.82, 2.24) is 5.32 Å². The number of carbonyl (C=O) groups is 11. The number of aryl methyl sites for hydroxylation is 1. The van der Waals surface area contributed by atoms with E-state index in [1.165, 1.54) is 57.6 Å². The summed E-state index contributed by atoms with van der Waals surface area (Å²) in [7, 11) is 1.24. The molecule has 3 aromatic rings. The van der Waals surface area contributed by atoms with E-state index >= 15 is 0 Å². The van der Waals surface area contributed by atoms with Gasteiger partial charge in [0.1, 0.15) is 68.8 Å². The minimum atomic E-state index is -0.969. The van der Waals surface area contributed by atoms with Gasteiger partial charge in [-0.2, -0.15) is 12.6 Å². The van der Waals surface area contributed by atoms with Crippen LogP contribution >= 0.6 is 12.6 Å². The Morgan fingerprint density at radius 3 is 1.22 bits per heavy atom. The third-order valence-electron chi connectivity index (χ3n) is 16.3. The highest BCUT2D eigenvalue weighted by molar-refractivity contribution is 7.81. The number of carboxylic acid groups (broad SMARTS) is 1. The van der Waals surface area contributed by atoms with Gasteiger partial charge in [0.25, 0.3) is 0 Å². The molecule has 4 atom stereocenters. The number of ketones is 3. The number of hydrogen-bond acceptors (Lipinski definition) is 28. The van der Waals surface area contributed by atoms with Gasteiger partial charge in [-0.1, -0.05) is 162 Å². The molecule has 0 spiro atoms. The number of esters is 7. The maximum Gasteiger partial charge on any atom is 0.331 e. The number of nitrogens with one attached hydrogen (secondary N) is 1. The number of aromatic hydroxyl groups is 4. The average molecular weight is 1860 g/mol.